The number of nitrogens with zero attached hydrogens (tertiary/aromatic N) is 5. The van der Waals surface area contributed by atoms with Crippen LogP contribution in [0.2, 0.25) is 5.02 Å². The molecule has 0 aliphatic carbocycles. The number of furan rings is 1. The monoisotopic (exact) mass is 452 g/mol. The second kappa shape index (κ2) is 10.8. The van der Waals surface area contributed by atoms with Gasteiger partial charge in [0.2, 0.25) is 11.8 Å². The molecule has 0 saturated carbocycles. The van der Waals surface area contributed by atoms with Crippen LogP contribution >= 0.6 is 23.5 Å². The van der Waals surface area contributed by atoms with Gasteiger partial charge < -0.3 is 13.9 Å². The Morgan fingerprint density at radius 1 is 1.17 bits per heavy atom. The molecule has 0 fully saturated rings. The zero-order valence-electron chi connectivity index (χ0n) is 17.3. The van der Waals surface area contributed by atoms with Gasteiger partial charge in [-0.3, -0.25) is 9.29 Å². The van der Waals surface area contributed by atoms with E-state index < -0.39 is 0 Å². The minimum atomic E-state index is -0.131. The van der Waals surface area contributed by atoms with Gasteiger partial charge in [0.15, 0.2) is 5.76 Å². The van der Waals surface area contributed by atoms with E-state index in [-0.39, 0.29) is 11.3 Å². The lowest BCUT2D eigenvalue weighted by molar-refractivity contribution is 0.0907. The number of rotatable bonds is 11. The third kappa shape index (κ3) is 5.72. The van der Waals surface area contributed by atoms with Crippen molar-refractivity contribution in [1.29, 1.82) is 0 Å². The Morgan fingerprint density at radius 3 is 2.47 bits per heavy atom. The lowest BCUT2D eigenvalue weighted by atomic mass is 10.3. The summed E-state index contributed by atoms with van der Waals surface area (Å²) in [6, 6.07) is 3.64. The molecule has 1 unspecified atom stereocenters. The molecular weight excluding hydrogens is 428 g/mol. The van der Waals surface area contributed by atoms with Gasteiger partial charge in [-0.2, -0.15) is 0 Å². The smallest absolute Gasteiger partial charge is 0.235 e. The van der Waals surface area contributed by atoms with E-state index in [2.05, 4.69) is 31.8 Å². The molecule has 30 heavy (non-hydrogen) atoms. The Kier molecular flexibility index (Phi) is 8.08. The van der Waals surface area contributed by atoms with Crippen molar-refractivity contribution in [3.05, 3.63) is 41.1 Å². The van der Waals surface area contributed by atoms with E-state index in [4.69, 9.17) is 25.5 Å². The van der Waals surface area contributed by atoms with E-state index in [9.17, 15) is 0 Å². The van der Waals surface area contributed by atoms with Crippen molar-refractivity contribution in [2.24, 2.45) is 0 Å². The molecule has 11 heteroatoms. The van der Waals surface area contributed by atoms with Crippen LogP contribution in [-0.4, -0.2) is 57.4 Å². The predicted octanol–water partition coefficient (Wildman–Crippen LogP) is 3.82. The maximum Gasteiger partial charge on any atom is 0.235 e. The average Bonchev–Trinajstić information content (AvgIpc) is 3.34. The van der Waals surface area contributed by atoms with E-state index >= 15 is 0 Å². The van der Waals surface area contributed by atoms with Crippen molar-refractivity contribution >= 4 is 29.5 Å². The highest BCUT2D eigenvalue weighted by Gasteiger charge is 2.24. The Bertz CT molecular complexity index is 927. The molecule has 0 bridgehead atoms. The zero-order valence-corrected chi connectivity index (χ0v) is 18.9. The second-order valence-electron chi connectivity index (χ2n) is 6.74. The molecule has 0 saturated heterocycles. The molecule has 0 aromatic carbocycles. The Labute approximate surface area is 184 Å². The summed E-state index contributed by atoms with van der Waals surface area (Å²) >= 11 is 7.36. The predicted molar refractivity (Wildman–Crippen MR) is 117 cm³/mol. The van der Waals surface area contributed by atoms with Crippen molar-refractivity contribution in [2.45, 2.75) is 31.6 Å². The number of halogens is 1. The van der Waals surface area contributed by atoms with E-state index in [1.807, 2.05) is 23.6 Å². The van der Waals surface area contributed by atoms with E-state index in [1.165, 1.54) is 11.9 Å². The Balaban J connectivity index is 1.79. The van der Waals surface area contributed by atoms with Crippen LogP contribution in [0.5, 0.6) is 0 Å². The first-order valence-corrected chi connectivity index (χ1v) is 10.6. The molecule has 0 aliphatic heterocycles. The summed E-state index contributed by atoms with van der Waals surface area (Å²) in [7, 11) is 3.31. The molecule has 1 atom stereocenters. The van der Waals surface area contributed by atoms with Gasteiger partial charge in [0, 0.05) is 38.3 Å². The Hall–Kier alpha value is -2.14. The summed E-state index contributed by atoms with van der Waals surface area (Å²) in [4.78, 5) is 8.50. The zero-order chi connectivity index (χ0) is 21.5. The number of anilines is 1. The highest BCUT2D eigenvalue weighted by molar-refractivity contribution is 8.01. The third-order valence-corrected chi connectivity index (χ3v) is 5.30. The van der Waals surface area contributed by atoms with Crippen LogP contribution in [0.25, 0.3) is 11.6 Å². The van der Waals surface area contributed by atoms with Gasteiger partial charge in [-0.1, -0.05) is 18.5 Å². The fourth-order valence-electron chi connectivity index (χ4n) is 2.91. The van der Waals surface area contributed by atoms with Gasteiger partial charge in [-0.05, 0) is 31.0 Å². The van der Waals surface area contributed by atoms with Gasteiger partial charge in [0.25, 0.3) is 0 Å². The van der Waals surface area contributed by atoms with Gasteiger partial charge >= 0.3 is 0 Å². The fourth-order valence-corrected chi connectivity index (χ4v) is 3.68. The van der Waals surface area contributed by atoms with Crippen LogP contribution in [0.4, 0.5) is 5.95 Å². The summed E-state index contributed by atoms with van der Waals surface area (Å²) in [5.74, 6) is 3.37. The summed E-state index contributed by atoms with van der Waals surface area (Å²) in [5, 5.41) is 9.39. The molecule has 3 aromatic heterocycles. The van der Waals surface area contributed by atoms with Crippen LogP contribution in [0, 0.1) is 6.92 Å². The SMILES string of the molecule is COCC(COC)n1c(NSC(C)Cc2ncc(Cl)cn2)nnc1-c1ccc(C)o1. The van der Waals surface area contributed by atoms with Crippen molar-refractivity contribution in [3.8, 4) is 11.6 Å². The van der Waals surface area contributed by atoms with Crippen LogP contribution in [0.15, 0.2) is 28.9 Å². The average molecular weight is 453 g/mol. The Morgan fingerprint density at radius 2 is 1.87 bits per heavy atom. The number of nitrogens with one attached hydrogen (secondary N) is 1. The van der Waals surface area contributed by atoms with Crippen molar-refractivity contribution in [3.63, 3.8) is 0 Å². The molecule has 0 radical (unpaired) electrons. The highest BCUT2D eigenvalue weighted by atomic mass is 35.5. The van der Waals surface area contributed by atoms with E-state index in [1.54, 1.807) is 26.6 Å². The molecule has 9 nitrogen and oxygen atoms in total. The lowest BCUT2D eigenvalue weighted by Gasteiger charge is -2.21. The van der Waals surface area contributed by atoms with Gasteiger partial charge in [0.1, 0.15) is 11.6 Å². The highest BCUT2D eigenvalue weighted by Crippen LogP contribution is 2.29. The van der Waals surface area contributed by atoms with E-state index in [0.717, 1.165) is 11.6 Å². The van der Waals surface area contributed by atoms with Crippen LogP contribution in [0.1, 0.15) is 24.6 Å². The summed E-state index contributed by atoms with van der Waals surface area (Å²) < 4.78 is 21.8. The summed E-state index contributed by atoms with van der Waals surface area (Å²) in [6.45, 7) is 4.84. The van der Waals surface area contributed by atoms with Crippen molar-refractivity contribution in [2.75, 3.05) is 32.2 Å². The second-order valence-corrected chi connectivity index (χ2v) is 8.43. The van der Waals surface area contributed by atoms with Crippen molar-refractivity contribution < 1.29 is 13.9 Å². The van der Waals surface area contributed by atoms with Crippen molar-refractivity contribution in [1.82, 2.24) is 24.7 Å². The van der Waals surface area contributed by atoms with Crippen LogP contribution < -0.4 is 4.72 Å². The molecule has 3 heterocycles. The number of aryl methyl sites for hydroxylation is 1. The first-order chi connectivity index (χ1) is 14.5. The molecule has 1 N–H and O–H groups in total. The topological polar surface area (TPSA) is 100 Å². The minimum absolute atomic E-state index is 0.131. The van der Waals surface area contributed by atoms with Crippen LogP contribution in [0.3, 0.4) is 0 Å². The normalized spacial score (nSPS) is 12.5. The first-order valence-electron chi connectivity index (χ1n) is 9.39. The van der Waals surface area contributed by atoms with Gasteiger partial charge in [-0.15, -0.1) is 10.2 Å². The van der Waals surface area contributed by atoms with Gasteiger partial charge in [-0.25, -0.2) is 9.97 Å². The quantitative estimate of drug-likeness (QED) is 0.435. The molecule has 0 amide bonds. The minimum Gasteiger partial charge on any atom is -0.458 e. The molecule has 162 valence electrons. The third-order valence-electron chi connectivity index (χ3n) is 4.24. The number of methoxy groups -OCH3 is 2. The van der Waals surface area contributed by atoms with E-state index in [0.29, 0.717) is 42.2 Å². The van der Waals surface area contributed by atoms with Crippen LogP contribution in [-0.2, 0) is 15.9 Å². The number of aromatic nitrogens is 5. The molecule has 0 aliphatic rings. The molecule has 3 rings (SSSR count). The first kappa shape index (κ1) is 22.5. The maximum atomic E-state index is 5.85. The summed E-state index contributed by atoms with van der Waals surface area (Å²) in [6.07, 6.45) is 3.87. The van der Waals surface area contributed by atoms with Gasteiger partial charge in [0.05, 0.1) is 24.3 Å². The largest absolute Gasteiger partial charge is 0.458 e. The number of hydrogen-bond acceptors (Lipinski definition) is 9. The lowest BCUT2D eigenvalue weighted by Crippen LogP contribution is -2.22. The number of ether oxygens (including phenoxy) is 2. The summed E-state index contributed by atoms with van der Waals surface area (Å²) in [5.41, 5.74) is 0. The molecular formula is C19H25ClN6O3S. The maximum absolute atomic E-state index is 5.85. The molecule has 3 aromatic rings. The standard InChI is InChI=1S/C19H25ClN6O3S/c1-12-5-6-16(29-12)18-23-24-19(26(18)15(10-27-3)11-28-4)25-30-13(2)7-17-21-8-14(20)9-22-17/h5-6,8-9,13,15H,7,10-11H2,1-4H3,(H,24,25). The molecule has 0 spiro atoms. The fraction of sp³-hybridized carbons (Fsp3) is 0.474. The number of hydrogen-bond donors (Lipinski definition) is 1.